The van der Waals surface area contributed by atoms with Crippen LogP contribution in [0.5, 0.6) is 0 Å². The molecule has 1 aliphatic carbocycles. The molecule has 0 amide bonds. The van der Waals surface area contributed by atoms with Crippen LogP contribution in [0.1, 0.15) is 31.4 Å². The minimum absolute atomic E-state index is 0.0226. The first kappa shape index (κ1) is 12.0. The van der Waals surface area contributed by atoms with Crippen LogP contribution in [-0.4, -0.2) is 17.3 Å². The number of aliphatic hydroxyl groups excluding tert-OH is 1. The van der Waals surface area contributed by atoms with Gasteiger partial charge < -0.3 is 10.4 Å². The Hall–Kier alpha value is -0.450. The molecular weight excluding hydrogens is 273 g/mol. The van der Waals surface area contributed by atoms with E-state index in [0.29, 0.717) is 11.6 Å². The van der Waals surface area contributed by atoms with Crippen LogP contribution in [0, 0.1) is 5.82 Å². The van der Waals surface area contributed by atoms with Crippen LogP contribution >= 0.6 is 15.9 Å². The van der Waals surface area contributed by atoms with Crippen molar-refractivity contribution in [2.24, 2.45) is 0 Å². The molecule has 1 saturated carbocycles. The predicted octanol–water partition coefficient (Wildman–Crippen LogP) is 2.76. The van der Waals surface area contributed by atoms with Crippen LogP contribution in [-0.2, 0) is 0 Å². The third-order valence-electron chi connectivity index (χ3n) is 3.03. The van der Waals surface area contributed by atoms with E-state index in [1.807, 2.05) is 13.0 Å². The van der Waals surface area contributed by atoms with E-state index in [9.17, 15) is 9.50 Å². The molecule has 1 aromatic rings. The summed E-state index contributed by atoms with van der Waals surface area (Å²) >= 11 is 3.24. The second kappa shape index (κ2) is 4.82. The topological polar surface area (TPSA) is 32.3 Å². The minimum atomic E-state index is -0.200. The quantitative estimate of drug-likeness (QED) is 0.896. The van der Waals surface area contributed by atoms with E-state index in [4.69, 9.17) is 0 Å². The third kappa shape index (κ3) is 2.62. The van der Waals surface area contributed by atoms with Gasteiger partial charge in [-0.1, -0.05) is 22.0 Å². The molecule has 0 bridgehead atoms. The van der Waals surface area contributed by atoms with Crippen molar-refractivity contribution in [3.05, 3.63) is 34.1 Å². The van der Waals surface area contributed by atoms with Crippen LogP contribution < -0.4 is 5.32 Å². The van der Waals surface area contributed by atoms with Gasteiger partial charge in [-0.05, 0) is 31.9 Å². The Kier molecular flexibility index (Phi) is 3.62. The summed E-state index contributed by atoms with van der Waals surface area (Å²) in [6.07, 6.45) is 1.35. The smallest absolute Gasteiger partial charge is 0.129 e. The van der Waals surface area contributed by atoms with Crippen molar-refractivity contribution >= 4 is 15.9 Å². The summed E-state index contributed by atoms with van der Waals surface area (Å²) < 4.78 is 14.4. The van der Waals surface area contributed by atoms with Crippen molar-refractivity contribution in [1.82, 2.24) is 5.32 Å². The zero-order chi connectivity index (χ0) is 11.7. The number of rotatable bonds is 3. The number of hydrogen-bond acceptors (Lipinski definition) is 2. The van der Waals surface area contributed by atoms with Crippen molar-refractivity contribution < 1.29 is 9.50 Å². The highest BCUT2D eigenvalue weighted by Crippen LogP contribution is 2.25. The van der Waals surface area contributed by atoms with Crippen molar-refractivity contribution in [2.75, 3.05) is 0 Å². The number of aliphatic hydroxyl groups is 1. The molecule has 0 aromatic heterocycles. The van der Waals surface area contributed by atoms with Gasteiger partial charge in [-0.2, -0.15) is 0 Å². The molecule has 1 fully saturated rings. The molecule has 0 aliphatic heterocycles. The highest BCUT2D eigenvalue weighted by atomic mass is 79.9. The zero-order valence-corrected chi connectivity index (χ0v) is 10.7. The van der Waals surface area contributed by atoms with E-state index in [2.05, 4.69) is 21.2 Å². The van der Waals surface area contributed by atoms with Gasteiger partial charge in [-0.15, -0.1) is 0 Å². The molecule has 1 aliphatic rings. The number of nitrogens with one attached hydrogen (secondary N) is 1. The van der Waals surface area contributed by atoms with E-state index in [-0.39, 0.29) is 18.0 Å². The molecule has 88 valence electrons. The van der Waals surface area contributed by atoms with E-state index in [0.717, 1.165) is 17.3 Å². The largest absolute Gasteiger partial charge is 0.393 e. The summed E-state index contributed by atoms with van der Waals surface area (Å²) in [7, 11) is 0. The second-order valence-corrected chi connectivity index (χ2v) is 5.29. The molecule has 2 nitrogen and oxygen atoms in total. The first-order chi connectivity index (χ1) is 7.56. The Morgan fingerprint density at radius 3 is 2.75 bits per heavy atom. The molecule has 16 heavy (non-hydrogen) atoms. The third-order valence-corrected chi connectivity index (χ3v) is 3.52. The monoisotopic (exact) mass is 287 g/mol. The molecule has 2 N–H and O–H groups in total. The van der Waals surface area contributed by atoms with Crippen molar-refractivity contribution in [1.29, 1.82) is 0 Å². The van der Waals surface area contributed by atoms with Gasteiger partial charge in [-0.25, -0.2) is 4.39 Å². The van der Waals surface area contributed by atoms with Gasteiger partial charge in [0.2, 0.25) is 0 Å². The molecule has 4 heteroatoms. The van der Waals surface area contributed by atoms with Gasteiger partial charge in [0.25, 0.3) is 0 Å². The Bertz CT molecular complexity index is 379. The summed E-state index contributed by atoms with van der Waals surface area (Å²) in [4.78, 5) is 0. The standard InChI is InChI=1S/C12H15BrFNO/c1-7(15-9-5-10(16)6-9)11-3-2-8(13)4-12(11)14/h2-4,7,9-10,15-16H,5-6H2,1H3. The van der Waals surface area contributed by atoms with E-state index in [1.54, 1.807) is 6.07 Å². The Balaban J connectivity index is 2.00. The van der Waals surface area contributed by atoms with Crippen molar-refractivity contribution in [3.63, 3.8) is 0 Å². The fraction of sp³-hybridized carbons (Fsp3) is 0.500. The van der Waals surface area contributed by atoms with Crippen LogP contribution in [0.4, 0.5) is 4.39 Å². The molecule has 0 spiro atoms. The second-order valence-electron chi connectivity index (χ2n) is 4.38. The Labute approximate surface area is 103 Å². The number of benzene rings is 1. The molecule has 1 atom stereocenters. The van der Waals surface area contributed by atoms with Gasteiger partial charge >= 0.3 is 0 Å². The average Bonchev–Trinajstić information content (AvgIpc) is 2.15. The lowest BCUT2D eigenvalue weighted by Crippen LogP contribution is -2.45. The maximum atomic E-state index is 13.6. The zero-order valence-electron chi connectivity index (χ0n) is 9.08. The van der Waals surface area contributed by atoms with Crippen LogP contribution in [0.2, 0.25) is 0 Å². The maximum Gasteiger partial charge on any atom is 0.129 e. The lowest BCUT2D eigenvalue weighted by atomic mass is 9.88. The fourth-order valence-corrected chi connectivity index (χ4v) is 2.35. The van der Waals surface area contributed by atoms with Crippen molar-refractivity contribution in [2.45, 2.75) is 38.0 Å². The summed E-state index contributed by atoms with van der Waals surface area (Å²) in [5.41, 5.74) is 0.671. The summed E-state index contributed by atoms with van der Waals surface area (Å²) in [6.45, 7) is 1.94. The molecule has 1 aromatic carbocycles. The first-order valence-corrected chi connectivity index (χ1v) is 6.24. The molecule has 2 rings (SSSR count). The highest BCUT2D eigenvalue weighted by Gasteiger charge is 2.28. The molecule has 0 saturated heterocycles. The van der Waals surface area contributed by atoms with Gasteiger partial charge in [0.05, 0.1) is 6.10 Å². The Morgan fingerprint density at radius 2 is 2.19 bits per heavy atom. The molecular formula is C12H15BrFNO. The van der Waals surface area contributed by atoms with Crippen LogP contribution in [0.15, 0.2) is 22.7 Å². The average molecular weight is 288 g/mol. The van der Waals surface area contributed by atoms with E-state index >= 15 is 0 Å². The molecule has 0 radical (unpaired) electrons. The lowest BCUT2D eigenvalue weighted by Gasteiger charge is -2.34. The first-order valence-electron chi connectivity index (χ1n) is 5.45. The van der Waals surface area contributed by atoms with Crippen LogP contribution in [0.3, 0.4) is 0 Å². The number of halogens is 2. The molecule has 1 unspecified atom stereocenters. The molecule has 0 heterocycles. The van der Waals surface area contributed by atoms with Crippen molar-refractivity contribution in [3.8, 4) is 0 Å². The minimum Gasteiger partial charge on any atom is -0.393 e. The van der Waals surface area contributed by atoms with Gasteiger partial charge in [0, 0.05) is 22.1 Å². The van der Waals surface area contributed by atoms with Crippen LogP contribution in [0.25, 0.3) is 0 Å². The normalized spacial score (nSPS) is 26.2. The van der Waals surface area contributed by atoms with Gasteiger partial charge in [-0.3, -0.25) is 0 Å². The van der Waals surface area contributed by atoms with Gasteiger partial charge in [0.15, 0.2) is 0 Å². The van der Waals surface area contributed by atoms with E-state index in [1.165, 1.54) is 6.07 Å². The fourth-order valence-electron chi connectivity index (χ4n) is 2.02. The maximum absolute atomic E-state index is 13.6. The van der Waals surface area contributed by atoms with Gasteiger partial charge in [0.1, 0.15) is 5.82 Å². The number of hydrogen-bond donors (Lipinski definition) is 2. The Morgan fingerprint density at radius 1 is 1.50 bits per heavy atom. The summed E-state index contributed by atoms with van der Waals surface area (Å²) in [5.74, 6) is -0.200. The predicted molar refractivity (Wildman–Crippen MR) is 64.7 cm³/mol. The summed E-state index contributed by atoms with van der Waals surface area (Å²) in [5, 5.41) is 12.5. The SMILES string of the molecule is CC(NC1CC(O)C1)c1ccc(Br)cc1F. The summed E-state index contributed by atoms with van der Waals surface area (Å²) in [6, 6.07) is 5.39. The highest BCUT2D eigenvalue weighted by molar-refractivity contribution is 9.10. The van der Waals surface area contributed by atoms with E-state index < -0.39 is 0 Å². The lowest BCUT2D eigenvalue weighted by molar-refractivity contribution is 0.0584.